The maximum Gasteiger partial charge on any atom is 0.340 e. The van der Waals surface area contributed by atoms with E-state index in [-0.39, 0.29) is 11.1 Å². The highest BCUT2D eigenvalue weighted by molar-refractivity contribution is 6.02. The predicted molar refractivity (Wildman–Crippen MR) is 61.3 cm³/mol. The lowest BCUT2D eigenvalue weighted by molar-refractivity contribution is 0.0602. The Hall–Kier alpha value is -2.37. The highest BCUT2D eigenvalue weighted by Gasteiger charge is 2.15. The highest BCUT2D eigenvalue weighted by atomic mass is 16.5. The molecule has 0 aliphatic carbocycles. The zero-order valence-corrected chi connectivity index (χ0v) is 9.29. The number of H-pyrrole nitrogens is 2. The molecule has 0 saturated carbocycles. The van der Waals surface area contributed by atoms with Crippen LogP contribution in [0.4, 0.5) is 0 Å². The molecule has 0 saturated heterocycles. The third-order valence-electron chi connectivity index (χ3n) is 2.50. The number of hydrogen-bond acceptors (Lipinski definition) is 4. The van der Waals surface area contributed by atoms with Crippen LogP contribution in [-0.4, -0.2) is 23.0 Å². The summed E-state index contributed by atoms with van der Waals surface area (Å²) < 4.78 is 4.64. The van der Waals surface area contributed by atoms with E-state index < -0.39 is 17.1 Å². The van der Waals surface area contributed by atoms with Crippen molar-refractivity contribution in [2.45, 2.75) is 6.92 Å². The Morgan fingerprint density at radius 2 is 1.82 bits per heavy atom. The Morgan fingerprint density at radius 3 is 2.47 bits per heavy atom. The molecule has 2 rings (SSSR count). The van der Waals surface area contributed by atoms with Crippen molar-refractivity contribution < 1.29 is 9.53 Å². The average molecular weight is 234 g/mol. The SMILES string of the molecule is COC(=O)c1c(C)ccc2[nH]c(=O)c(=O)[nH]c12. The molecule has 0 aliphatic rings. The first-order valence-corrected chi connectivity index (χ1v) is 4.89. The Labute approximate surface area is 95.2 Å². The van der Waals surface area contributed by atoms with Gasteiger partial charge in [-0.25, -0.2) is 4.79 Å². The zero-order chi connectivity index (χ0) is 12.6. The summed E-state index contributed by atoms with van der Waals surface area (Å²) in [7, 11) is 1.25. The van der Waals surface area contributed by atoms with Crippen molar-refractivity contribution in [3.63, 3.8) is 0 Å². The number of rotatable bonds is 1. The van der Waals surface area contributed by atoms with Crippen molar-refractivity contribution in [1.82, 2.24) is 9.97 Å². The maximum atomic E-state index is 11.6. The molecule has 0 amide bonds. The fourth-order valence-electron chi connectivity index (χ4n) is 1.66. The van der Waals surface area contributed by atoms with Gasteiger partial charge in [-0.1, -0.05) is 6.07 Å². The van der Waals surface area contributed by atoms with E-state index in [1.807, 2.05) is 0 Å². The van der Waals surface area contributed by atoms with Gasteiger partial charge in [0.25, 0.3) is 0 Å². The van der Waals surface area contributed by atoms with Crippen molar-refractivity contribution in [3.05, 3.63) is 44.0 Å². The van der Waals surface area contributed by atoms with Crippen molar-refractivity contribution in [3.8, 4) is 0 Å². The van der Waals surface area contributed by atoms with Crippen LogP contribution in [0.2, 0.25) is 0 Å². The van der Waals surface area contributed by atoms with Crippen LogP contribution in [0.25, 0.3) is 11.0 Å². The number of aryl methyl sites for hydroxylation is 1. The summed E-state index contributed by atoms with van der Waals surface area (Å²) in [4.78, 5) is 38.8. The van der Waals surface area contributed by atoms with Gasteiger partial charge in [0.1, 0.15) is 0 Å². The van der Waals surface area contributed by atoms with Gasteiger partial charge in [0.05, 0.1) is 23.7 Å². The standard InChI is InChI=1S/C11H10N2O4/c1-5-3-4-6-8(7(5)11(16)17-2)13-10(15)9(14)12-6/h3-4H,1-2H3,(H,12,14)(H,13,15). The molecule has 0 spiro atoms. The second-order valence-electron chi connectivity index (χ2n) is 3.58. The second kappa shape index (κ2) is 3.89. The van der Waals surface area contributed by atoms with Crippen LogP contribution in [0.1, 0.15) is 15.9 Å². The molecule has 0 bridgehead atoms. The quantitative estimate of drug-likeness (QED) is 0.548. The molecule has 2 aromatic rings. The van der Waals surface area contributed by atoms with Gasteiger partial charge in [0, 0.05) is 0 Å². The Kier molecular flexibility index (Phi) is 2.55. The molecule has 0 atom stereocenters. The number of fused-ring (bicyclic) bond motifs is 1. The summed E-state index contributed by atoms with van der Waals surface area (Å²) >= 11 is 0. The number of nitrogens with one attached hydrogen (secondary N) is 2. The molecule has 0 aliphatic heterocycles. The lowest BCUT2D eigenvalue weighted by Crippen LogP contribution is -2.29. The number of aromatic nitrogens is 2. The lowest BCUT2D eigenvalue weighted by Gasteiger charge is -2.07. The number of esters is 1. The van der Waals surface area contributed by atoms with Crippen molar-refractivity contribution >= 4 is 17.0 Å². The molecule has 0 fully saturated rings. The Morgan fingerprint density at radius 1 is 1.18 bits per heavy atom. The minimum Gasteiger partial charge on any atom is -0.465 e. The largest absolute Gasteiger partial charge is 0.465 e. The van der Waals surface area contributed by atoms with Crippen LogP contribution in [0.15, 0.2) is 21.7 Å². The van der Waals surface area contributed by atoms with Crippen molar-refractivity contribution in [2.75, 3.05) is 7.11 Å². The molecule has 0 unspecified atom stereocenters. The van der Waals surface area contributed by atoms with Gasteiger partial charge in [0.2, 0.25) is 0 Å². The van der Waals surface area contributed by atoms with Crippen molar-refractivity contribution in [2.24, 2.45) is 0 Å². The normalized spacial score (nSPS) is 10.5. The summed E-state index contributed by atoms with van der Waals surface area (Å²) in [5, 5.41) is 0. The third kappa shape index (κ3) is 1.73. The summed E-state index contributed by atoms with van der Waals surface area (Å²) in [6.07, 6.45) is 0. The van der Waals surface area contributed by atoms with Gasteiger partial charge in [-0.2, -0.15) is 0 Å². The number of methoxy groups -OCH3 is 1. The monoisotopic (exact) mass is 234 g/mol. The smallest absolute Gasteiger partial charge is 0.340 e. The molecule has 6 heteroatoms. The van der Waals surface area contributed by atoms with E-state index in [0.29, 0.717) is 11.1 Å². The fourth-order valence-corrected chi connectivity index (χ4v) is 1.66. The molecule has 2 N–H and O–H groups in total. The second-order valence-corrected chi connectivity index (χ2v) is 3.58. The minimum atomic E-state index is -0.798. The Balaban J connectivity index is 2.95. The van der Waals surface area contributed by atoms with Crippen LogP contribution < -0.4 is 11.1 Å². The van der Waals surface area contributed by atoms with E-state index in [0.717, 1.165) is 0 Å². The van der Waals surface area contributed by atoms with Crippen LogP contribution in [0.5, 0.6) is 0 Å². The zero-order valence-electron chi connectivity index (χ0n) is 9.29. The molecular weight excluding hydrogens is 224 g/mol. The number of aromatic amines is 2. The first kappa shape index (κ1) is 11.1. The highest BCUT2D eigenvalue weighted by Crippen LogP contribution is 2.17. The average Bonchev–Trinajstić information content (AvgIpc) is 2.30. The number of carbonyl (C=O) groups excluding carboxylic acids is 1. The van der Waals surface area contributed by atoms with E-state index >= 15 is 0 Å². The predicted octanol–water partition coefficient (Wildman–Crippen LogP) is 0.311. The minimum absolute atomic E-state index is 0.248. The van der Waals surface area contributed by atoms with Gasteiger partial charge < -0.3 is 14.7 Å². The molecule has 1 aromatic heterocycles. The van der Waals surface area contributed by atoms with E-state index in [2.05, 4.69) is 14.7 Å². The third-order valence-corrected chi connectivity index (χ3v) is 2.50. The molecule has 1 aromatic carbocycles. The van der Waals surface area contributed by atoms with E-state index in [9.17, 15) is 14.4 Å². The molecule has 17 heavy (non-hydrogen) atoms. The number of ether oxygens (including phenoxy) is 1. The molecular formula is C11H10N2O4. The topological polar surface area (TPSA) is 92.0 Å². The number of carbonyl (C=O) groups is 1. The number of benzene rings is 1. The van der Waals surface area contributed by atoms with E-state index in [1.54, 1.807) is 19.1 Å². The first-order valence-electron chi connectivity index (χ1n) is 4.89. The van der Waals surface area contributed by atoms with E-state index in [4.69, 9.17) is 0 Å². The molecule has 1 heterocycles. The molecule has 88 valence electrons. The van der Waals surface area contributed by atoms with Gasteiger partial charge in [-0.15, -0.1) is 0 Å². The van der Waals surface area contributed by atoms with Gasteiger partial charge in [0.15, 0.2) is 0 Å². The van der Waals surface area contributed by atoms with Crippen LogP contribution >= 0.6 is 0 Å². The van der Waals surface area contributed by atoms with Crippen LogP contribution in [0, 0.1) is 6.92 Å². The summed E-state index contributed by atoms with van der Waals surface area (Å²) in [6, 6.07) is 3.29. The van der Waals surface area contributed by atoms with Gasteiger partial charge >= 0.3 is 17.1 Å². The van der Waals surface area contributed by atoms with Crippen LogP contribution in [0.3, 0.4) is 0 Å². The van der Waals surface area contributed by atoms with Gasteiger partial charge in [-0.3, -0.25) is 9.59 Å². The van der Waals surface area contributed by atoms with E-state index in [1.165, 1.54) is 7.11 Å². The maximum absolute atomic E-state index is 11.6. The lowest BCUT2D eigenvalue weighted by atomic mass is 10.1. The van der Waals surface area contributed by atoms with Gasteiger partial charge in [-0.05, 0) is 18.6 Å². The summed E-state index contributed by atoms with van der Waals surface area (Å²) in [5.41, 5.74) is 0.0258. The van der Waals surface area contributed by atoms with Crippen LogP contribution in [-0.2, 0) is 4.74 Å². The molecule has 6 nitrogen and oxygen atoms in total. The summed E-state index contributed by atoms with van der Waals surface area (Å²) in [6.45, 7) is 1.72. The first-order chi connectivity index (χ1) is 8.04. The van der Waals surface area contributed by atoms with Crippen molar-refractivity contribution in [1.29, 1.82) is 0 Å². The fraction of sp³-hybridized carbons (Fsp3) is 0.182. The number of hydrogen-bond donors (Lipinski definition) is 2. The molecule has 0 radical (unpaired) electrons. The Bertz CT molecular complexity index is 711. The summed E-state index contributed by atoms with van der Waals surface area (Å²) in [5.74, 6) is -0.559.